The van der Waals surface area contributed by atoms with Crippen LogP contribution < -0.4 is 20.1 Å². The van der Waals surface area contributed by atoms with Gasteiger partial charge >= 0.3 is 6.03 Å². The molecule has 0 aliphatic carbocycles. The van der Waals surface area contributed by atoms with Gasteiger partial charge in [0.2, 0.25) is 5.91 Å². The third-order valence-electron chi connectivity index (χ3n) is 4.97. The highest BCUT2D eigenvalue weighted by Crippen LogP contribution is 2.37. The minimum absolute atomic E-state index is 0.129. The Kier molecular flexibility index (Phi) is 5.63. The van der Waals surface area contributed by atoms with Gasteiger partial charge in [-0.15, -0.1) is 0 Å². The number of amides is 4. The number of nitrogens with one attached hydrogen (secondary N) is 2. The van der Waals surface area contributed by atoms with E-state index in [-0.39, 0.29) is 15.7 Å². The molecule has 31 heavy (non-hydrogen) atoms. The number of imide groups is 1. The van der Waals surface area contributed by atoms with Crippen LogP contribution in [0.3, 0.4) is 0 Å². The zero-order chi connectivity index (χ0) is 22.3. The van der Waals surface area contributed by atoms with Crippen molar-refractivity contribution in [3.8, 4) is 11.5 Å². The standard InChI is InChI=1S/C20H16Cl3N3O5/c1-20(10-2-3-14-15(6-10)31-5-4-30-14)18(28)26(19(29)25-20)9-16(27)24-17-12(22)7-11(21)8-13(17)23/h2-3,6-8H,4-5,9H2,1H3,(H,24,27)(H,25,29). The van der Waals surface area contributed by atoms with Crippen molar-refractivity contribution in [1.82, 2.24) is 10.2 Å². The molecule has 0 radical (unpaired) electrons. The number of urea groups is 1. The smallest absolute Gasteiger partial charge is 0.325 e. The fourth-order valence-corrected chi connectivity index (χ4v) is 4.29. The fraction of sp³-hybridized carbons (Fsp3) is 0.250. The number of benzene rings is 2. The van der Waals surface area contributed by atoms with Gasteiger partial charge in [-0.3, -0.25) is 14.5 Å². The van der Waals surface area contributed by atoms with Crippen molar-refractivity contribution in [2.24, 2.45) is 0 Å². The highest BCUT2D eigenvalue weighted by atomic mass is 35.5. The molecule has 11 heteroatoms. The minimum Gasteiger partial charge on any atom is -0.486 e. The summed E-state index contributed by atoms with van der Waals surface area (Å²) in [6, 6.07) is 7.11. The molecule has 2 N–H and O–H groups in total. The molecule has 1 fully saturated rings. The first-order valence-electron chi connectivity index (χ1n) is 9.17. The van der Waals surface area contributed by atoms with Crippen LogP contribution in [0.1, 0.15) is 12.5 Å². The maximum atomic E-state index is 13.1. The Hall–Kier alpha value is -2.68. The molecule has 2 aromatic rings. The van der Waals surface area contributed by atoms with Crippen LogP contribution >= 0.6 is 34.8 Å². The molecule has 2 aliphatic rings. The van der Waals surface area contributed by atoms with Gasteiger partial charge in [0.1, 0.15) is 25.3 Å². The Labute approximate surface area is 192 Å². The lowest BCUT2D eigenvalue weighted by molar-refractivity contribution is -0.133. The fourth-order valence-electron chi connectivity index (χ4n) is 3.37. The molecule has 1 unspecified atom stereocenters. The summed E-state index contributed by atoms with van der Waals surface area (Å²) < 4.78 is 11.0. The van der Waals surface area contributed by atoms with E-state index in [0.29, 0.717) is 35.3 Å². The Morgan fingerprint density at radius 2 is 1.74 bits per heavy atom. The molecular formula is C20H16Cl3N3O5. The van der Waals surface area contributed by atoms with E-state index >= 15 is 0 Å². The number of hydrogen-bond acceptors (Lipinski definition) is 5. The third-order valence-corrected chi connectivity index (χ3v) is 5.78. The Morgan fingerprint density at radius 3 is 2.42 bits per heavy atom. The molecule has 2 aliphatic heterocycles. The maximum absolute atomic E-state index is 13.1. The average molecular weight is 485 g/mol. The van der Waals surface area contributed by atoms with Crippen LogP contribution in [-0.2, 0) is 15.1 Å². The van der Waals surface area contributed by atoms with Gasteiger partial charge < -0.3 is 20.1 Å². The van der Waals surface area contributed by atoms with Gasteiger partial charge in [0.15, 0.2) is 11.5 Å². The topological polar surface area (TPSA) is 97.0 Å². The van der Waals surface area contributed by atoms with E-state index in [1.165, 1.54) is 12.1 Å². The van der Waals surface area contributed by atoms with Crippen molar-refractivity contribution < 1.29 is 23.9 Å². The molecule has 162 valence electrons. The molecule has 0 spiro atoms. The summed E-state index contributed by atoms with van der Waals surface area (Å²) in [6.45, 7) is 1.85. The number of halogens is 3. The lowest BCUT2D eigenvalue weighted by Gasteiger charge is -2.25. The van der Waals surface area contributed by atoms with E-state index in [2.05, 4.69) is 10.6 Å². The molecule has 0 aromatic heterocycles. The molecule has 0 bridgehead atoms. The van der Waals surface area contributed by atoms with Crippen molar-refractivity contribution in [2.45, 2.75) is 12.5 Å². The number of rotatable bonds is 4. The SMILES string of the molecule is CC1(c2ccc3c(c2)OCCO3)NC(=O)N(CC(=O)Nc2c(Cl)cc(Cl)cc2Cl)C1=O. The Morgan fingerprint density at radius 1 is 1.10 bits per heavy atom. The first-order chi connectivity index (χ1) is 14.7. The van der Waals surface area contributed by atoms with Crippen LogP contribution in [0.5, 0.6) is 11.5 Å². The molecule has 2 heterocycles. The highest BCUT2D eigenvalue weighted by molar-refractivity contribution is 6.42. The van der Waals surface area contributed by atoms with E-state index < -0.39 is 29.9 Å². The van der Waals surface area contributed by atoms with Gasteiger partial charge in [-0.25, -0.2) is 4.79 Å². The predicted octanol–water partition coefficient (Wildman–Crippen LogP) is 3.82. The first kappa shape index (κ1) is 21.5. The van der Waals surface area contributed by atoms with Crippen molar-refractivity contribution in [3.63, 3.8) is 0 Å². The van der Waals surface area contributed by atoms with Crippen molar-refractivity contribution in [3.05, 3.63) is 51.0 Å². The summed E-state index contributed by atoms with van der Waals surface area (Å²) in [4.78, 5) is 39.0. The van der Waals surface area contributed by atoms with E-state index in [1.54, 1.807) is 25.1 Å². The average Bonchev–Trinajstić information content (AvgIpc) is 2.94. The molecule has 1 saturated heterocycles. The second-order valence-corrected chi connectivity index (χ2v) is 8.35. The molecule has 4 amide bonds. The zero-order valence-corrected chi connectivity index (χ0v) is 18.4. The zero-order valence-electron chi connectivity index (χ0n) is 16.1. The lowest BCUT2D eigenvalue weighted by Crippen LogP contribution is -2.42. The molecule has 2 aromatic carbocycles. The minimum atomic E-state index is -1.37. The van der Waals surface area contributed by atoms with Gasteiger partial charge in [0.05, 0.1) is 15.7 Å². The van der Waals surface area contributed by atoms with Crippen LogP contribution in [0.2, 0.25) is 15.1 Å². The number of ether oxygens (including phenoxy) is 2. The first-order valence-corrected chi connectivity index (χ1v) is 10.3. The second kappa shape index (κ2) is 8.11. The summed E-state index contributed by atoms with van der Waals surface area (Å²) >= 11 is 18.0. The molecule has 1 atom stereocenters. The van der Waals surface area contributed by atoms with Gasteiger partial charge in [0, 0.05) is 5.02 Å². The van der Waals surface area contributed by atoms with E-state index in [9.17, 15) is 14.4 Å². The number of anilines is 1. The predicted molar refractivity (Wildman–Crippen MR) is 115 cm³/mol. The highest BCUT2D eigenvalue weighted by Gasteiger charge is 2.49. The van der Waals surface area contributed by atoms with Gasteiger partial charge in [-0.05, 0) is 36.8 Å². The van der Waals surface area contributed by atoms with Crippen molar-refractivity contribution >= 4 is 58.3 Å². The molecule has 0 saturated carbocycles. The largest absolute Gasteiger partial charge is 0.486 e. The van der Waals surface area contributed by atoms with Crippen LogP contribution in [0.4, 0.5) is 10.5 Å². The molecule has 8 nitrogen and oxygen atoms in total. The van der Waals surface area contributed by atoms with E-state index in [4.69, 9.17) is 44.3 Å². The van der Waals surface area contributed by atoms with Crippen molar-refractivity contribution in [2.75, 3.05) is 25.1 Å². The number of carbonyl (C=O) groups is 3. The summed E-state index contributed by atoms with van der Waals surface area (Å²) in [5.41, 5.74) is -0.732. The molecule has 4 rings (SSSR count). The van der Waals surface area contributed by atoms with Gasteiger partial charge in [-0.1, -0.05) is 40.9 Å². The Balaban J connectivity index is 1.53. The van der Waals surface area contributed by atoms with Crippen LogP contribution in [-0.4, -0.2) is 42.5 Å². The lowest BCUT2D eigenvalue weighted by atomic mass is 9.91. The number of carbonyl (C=O) groups excluding carboxylic acids is 3. The number of fused-ring (bicyclic) bond motifs is 1. The number of nitrogens with zero attached hydrogens (tertiary/aromatic N) is 1. The van der Waals surface area contributed by atoms with Crippen molar-refractivity contribution in [1.29, 1.82) is 0 Å². The molecular weight excluding hydrogens is 469 g/mol. The summed E-state index contributed by atoms with van der Waals surface area (Å²) in [7, 11) is 0. The second-order valence-electron chi connectivity index (χ2n) is 7.10. The van der Waals surface area contributed by atoms with Crippen LogP contribution in [0.15, 0.2) is 30.3 Å². The summed E-state index contributed by atoms with van der Waals surface area (Å²) in [6.07, 6.45) is 0. The monoisotopic (exact) mass is 483 g/mol. The quantitative estimate of drug-likeness (QED) is 0.643. The maximum Gasteiger partial charge on any atom is 0.325 e. The number of hydrogen-bond donors (Lipinski definition) is 2. The summed E-state index contributed by atoms with van der Waals surface area (Å²) in [5, 5.41) is 5.71. The summed E-state index contributed by atoms with van der Waals surface area (Å²) in [5.74, 6) is -0.197. The van der Waals surface area contributed by atoms with Crippen LogP contribution in [0.25, 0.3) is 0 Å². The van der Waals surface area contributed by atoms with Crippen LogP contribution in [0, 0.1) is 0 Å². The van der Waals surface area contributed by atoms with Gasteiger partial charge in [0.25, 0.3) is 5.91 Å². The Bertz CT molecular complexity index is 1090. The third kappa shape index (κ3) is 3.98. The normalized spacial score (nSPS) is 19.9. The van der Waals surface area contributed by atoms with E-state index in [1.807, 2.05) is 0 Å². The van der Waals surface area contributed by atoms with Gasteiger partial charge in [-0.2, -0.15) is 0 Å². The van der Waals surface area contributed by atoms with E-state index in [0.717, 1.165) is 4.90 Å².